The van der Waals surface area contributed by atoms with Gasteiger partial charge >= 0.3 is 0 Å². The van der Waals surface area contributed by atoms with E-state index in [0.717, 1.165) is 23.8 Å². The van der Waals surface area contributed by atoms with Gasteiger partial charge in [-0.25, -0.2) is 0 Å². The monoisotopic (exact) mass is 289 g/mol. The van der Waals surface area contributed by atoms with E-state index in [4.69, 9.17) is 11.6 Å². The van der Waals surface area contributed by atoms with Crippen molar-refractivity contribution in [3.05, 3.63) is 40.7 Å². The molecule has 0 unspecified atom stereocenters. The summed E-state index contributed by atoms with van der Waals surface area (Å²) in [6.45, 7) is 5.94. The predicted molar refractivity (Wildman–Crippen MR) is 82.9 cm³/mol. The number of rotatable bonds is 5. The minimum absolute atomic E-state index is 0.706. The highest BCUT2D eigenvalue weighted by atomic mass is 35.5. The summed E-state index contributed by atoms with van der Waals surface area (Å²) in [7, 11) is 0. The van der Waals surface area contributed by atoms with Crippen LogP contribution in [0.4, 0.5) is 0 Å². The molecule has 3 rings (SSSR count). The van der Waals surface area contributed by atoms with Crippen LogP contribution < -0.4 is 5.32 Å². The van der Waals surface area contributed by atoms with Gasteiger partial charge in [0.2, 0.25) is 0 Å². The van der Waals surface area contributed by atoms with E-state index >= 15 is 0 Å². The summed E-state index contributed by atoms with van der Waals surface area (Å²) in [4.78, 5) is 0. The van der Waals surface area contributed by atoms with E-state index in [-0.39, 0.29) is 0 Å². The Bertz CT molecular complexity index is 614. The molecule has 106 valence electrons. The van der Waals surface area contributed by atoms with E-state index in [1.54, 1.807) is 0 Å². The van der Waals surface area contributed by atoms with Crippen molar-refractivity contribution in [3.63, 3.8) is 0 Å². The van der Waals surface area contributed by atoms with Crippen LogP contribution in [0, 0.1) is 6.92 Å². The van der Waals surface area contributed by atoms with Crippen molar-refractivity contribution in [3.8, 4) is 11.1 Å². The van der Waals surface area contributed by atoms with Crippen molar-refractivity contribution in [1.29, 1.82) is 0 Å². The molecule has 1 fully saturated rings. The molecule has 1 aliphatic rings. The molecule has 1 N–H and O–H groups in total. The van der Waals surface area contributed by atoms with Crippen LogP contribution in [0.2, 0.25) is 5.02 Å². The summed E-state index contributed by atoms with van der Waals surface area (Å²) < 4.78 is 1.98. The number of aromatic nitrogens is 2. The second kappa shape index (κ2) is 5.58. The Kier molecular flexibility index (Phi) is 3.81. The van der Waals surface area contributed by atoms with Gasteiger partial charge in [0, 0.05) is 35.9 Å². The van der Waals surface area contributed by atoms with Crippen molar-refractivity contribution in [1.82, 2.24) is 15.1 Å². The fraction of sp³-hybridized carbons (Fsp3) is 0.438. The minimum Gasteiger partial charge on any atom is -0.310 e. The van der Waals surface area contributed by atoms with Gasteiger partial charge in [-0.2, -0.15) is 5.10 Å². The lowest BCUT2D eigenvalue weighted by Gasteiger charge is -2.10. The fourth-order valence-electron chi connectivity index (χ4n) is 2.44. The highest BCUT2D eigenvalue weighted by Gasteiger charge is 2.21. The van der Waals surface area contributed by atoms with Crippen LogP contribution in [0.15, 0.2) is 24.4 Å². The Balaban J connectivity index is 1.96. The largest absolute Gasteiger partial charge is 0.310 e. The molecule has 0 saturated heterocycles. The van der Waals surface area contributed by atoms with Gasteiger partial charge in [-0.1, -0.05) is 17.7 Å². The summed E-state index contributed by atoms with van der Waals surface area (Å²) in [5, 5.41) is 8.89. The van der Waals surface area contributed by atoms with Crippen LogP contribution >= 0.6 is 11.6 Å². The summed E-state index contributed by atoms with van der Waals surface area (Å²) in [5.74, 6) is 0. The molecular weight excluding hydrogens is 270 g/mol. The lowest BCUT2D eigenvalue weighted by Crippen LogP contribution is -2.15. The molecule has 0 amide bonds. The molecule has 0 bridgehead atoms. The summed E-state index contributed by atoms with van der Waals surface area (Å²) >= 11 is 6.19. The van der Waals surface area contributed by atoms with E-state index in [1.165, 1.54) is 29.5 Å². The van der Waals surface area contributed by atoms with E-state index in [2.05, 4.69) is 42.6 Å². The standard InChI is InChI=1S/C16H20ClN3/c1-3-20-10-16(11(2)19-20)15-8-13(17)5-4-12(15)9-18-14-6-7-14/h4-5,8,10,14,18H,3,6-7,9H2,1-2H3. The molecule has 20 heavy (non-hydrogen) atoms. The summed E-state index contributed by atoms with van der Waals surface area (Å²) in [5.41, 5.74) is 4.73. The van der Waals surface area contributed by atoms with E-state index in [1.807, 2.05) is 10.7 Å². The van der Waals surface area contributed by atoms with Crippen LogP contribution in [0.3, 0.4) is 0 Å². The molecule has 1 aromatic heterocycles. The maximum atomic E-state index is 6.19. The van der Waals surface area contributed by atoms with Gasteiger partial charge in [-0.05, 0) is 49.9 Å². The third kappa shape index (κ3) is 2.89. The zero-order chi connectivity index (χ0) is 14.1. The molecule has 0 spiro atoms. The third-order valence-electron chi connectivity index (χ3n) is 3.79. The highest BCUT2D eigenvalue weighted by molar-refractivity contribution is 6.30. The van der Waals surface area contributed by atoms with Gasteiger partial charge in [0.15, 0.2) is 0 Å². The fourth-order valence-corrected chi connectivity index (χ4v) is 2.61. The average Bonchev–Trinajstić information content (AvgIpc) is 3.19. The maximum Gasteiger partial charge on any atom is 0.0672 e. The number of nitrogens with one attached hydrogen (secondary N) is 1. The molecular formula is C16H20ClN3. The smallest absolute Gasteiger partial charge is 0.0672 e. The molecule has 0 aliphatic heterocycles. The Morgan fingerprint density at radius 3 is 2.80 bits per heavy atom. The third-order valence-corrected chi connectivity index (χ3v) is 4.03. The molecule has 1 aliphatic carbocycles. The molecule has 4 heteroatoms. The molecule has 3 nitrogen and oxygen atoms in total. The normalized spacial score (nSPS) is 14.8. The number of benzene rings is 1. The van der Waals surface area contributed by atoms with Crippen molar-refractivity contribution in [2.75, 3.05) is 0 Å². The van der Waals surface area contributed by atoms with E-state index in [0.29, 0.717) is 6.04 Å². The van der Waals surface area contributed by atoms with Gasteiger partial charge in [-0.3, -0.25) is 4.68 Å². The lowest BCUT2D eigenvalue weighted by atomic mass is 10.0. The summed E-state index contributed by atoms with van der Waals surface area (Å²) in [6, 6.07) is 6.85. The number of hydrogen-bond donors (Lipinski definition) is 1. The van der Waals surface area contributed by atoms with Crippen LogP contribution in [0.1, 0.15) is 31.0 Å². The van der Waals surface area contributed by atoms with Gasteiger partial charge in [-0.15, -0.1) is 0 Å². The maximum absolute atomic E-state index is 6.19. The van der Waals surface area contributed by atoms with E-state index in [9.17, 15) is 0 Å². The second-order valence-electron chi connectivity index (χ2n) is 5.44. The van der Waals surface area contributed by atoms with Crippen molar-refractivity contribution in [2.24, 2.45) is 0 Å². The molecule has 1 aromatic carbocycles. The first kappa shape index (κ1) is 13.7. The molecule has 1 heterocycles. The first-order chi connectivity index (χ1) is 9.67. The molecule has 0 radical (unpaired) electrons. The first-order valence-electron chi connectivity index (χ1n) is 7.23. The Hall–Kier alpha value is -1.32. The predicted octanol–water partition coefficient (Wildman–Crippen LogP) is 3.78. The van der Waals surface area contributed by atoms with Gasteiger partial charge < -0.3 is 5.32 Å². The van der Waals surface area contributed by atoms with Crippen LogP contribution in [-0.2, 0) is 13.1 Å². The first-order valence-corrected chi connectivity index (χ1v) is 7.61. The second-order valence-corrected chi connectivity index (χ2v) is 5.88. The molecule has 1 saturated carbocycles. The Labute approximate surface area is 124 Å². The quantitative estimate of drug-likeness (QED) is 0.908. The average molecular weight is 290 g/mol. The minimum atomic E-state index is 0.706. The topological polar surface area (TPSA) is 29.9 Å². The van der Waals surface area contributed by atoms with E-state index < -0.39 is 0 Å². The lowest BCUT2D eigenvalue weighted by molar-refractivity contribution is 0.653. The van der Waals surface area contributed by atoms with Crippen molar-refractivity contribution in [2.45, 2.75) is 45.8 Å². The SMILES string of the molecule is CCn1cc(-c2cc(Cl)ccc2CNC2CC2)c(C)n1. The Morgan fingerprint density at radius 2 is 2.15 bits per heavy atom. The Morgan fingerprint density at radius 1 is 1.35 bits per heavy atom. The van der Waals surface area contributed by atoms with Gasteiger partial charge in [0.05, 0.1) is 5.69 Å². The summed E-state index contributed by atoms with van der Waals surface area (Å²) in [6.07, 6.45) is 4.72. The number of nitrogens with zero attached hydrogens (tertiary/aromatic N) is 2. The van der Waals surface area contributed by atoms with Crippen molar-refractivity contribution >= 4 is 11.6 Å². The number of hydrogen-bond acceptors (Lipinski definition) is 2. The highest BCUT2D eigenvalue weighted by Crippen LogP contribution is 2.30. The van der Waals surface area contributed by atoms with Crippen molar-refractivity contribution < 1.29 is 0 Å². The zero-order valence-corrected chi connectivity index (χ0v) is 12.7. The molecule has 0 atom stereocenters. The van der Waals surface area contributed by atoms with Gasteiger partial charge in [0.1, 0.15) is 0 Å². The number of aryl methyl sites for hydroxylation is 2. The van der Waals surface area contributed by atoms with Crippen LogP contribution in [0.25, 0.3) is 11.1 Å². The van der Waals surface area contributed by atoms with Gasteiger partial charge in [0.25, 0.3) is 0 Å². The number of halogens is 1. The van der Waals surface area contributed by atoms with Crippen LogP contribution in [0.5, 0.6) is 0 Å². The zero-order valence-electron chi connectivity index (χ0n) is 12.0. The molecule has 2 aromatic rings. The van der Waals surface area contributed by atoms with Crippen LogP contribution in [-0.4, -0.2) is 15.8 Å².